The number of phenols is 1. The van der Waals surface area contributed by atoms with Gasteiger partial charge in [0.1, 0.15) is 22.8 Å². The van der Waals surface area contributed by atoms with Gasteiger partial charge in [-0.25, -0.2) is 0 Å². The van der Waals surface area contributed by atoms with Gasteiger partial charge < -0.3 is 24.8 Å². The Labute approximate surface area is 163 Å². The summed E-state index contributed by atoms with van der Waals surface area (Å²) in [6.07, 6.45) is 1.26. The number of benzene rings is 2. The van der Waals surface area contributed by atoms with Gasteiger partial charge in [0.15, 0.2) is 0 Å². The number of hydrogen-bond donors (Lipinski definition) is 2. The SMILES string of the molecule is COc1cccc(OC)c1C(=O)N1CCC(NC(=O)c2ccccc2O)CC1. The van der Waals surface area contributed by atoms with Gasteiger partial charge in [0.05, 0.1) is 19.8 Å². The van der Waals surface area contributed by atoms with E-state index in [1.807, 2.05) is 0 Å². The number of rotatable bonds is 5. The van der Waals surface area contributed by atoms with Gasteiger partial charge in [-0.05, 0) is 37.1 Å². The molecule has 28 heavy (non-hydrogen) atoms. The fourth-order valence-electron chi connectivity index (χ4n) is 3.38. The van der Waals surface area contributed by atoms with Crippen molar-refractivity contribution in [3.05, 3.63) is 53.6 Å². The minimum absolute atomic E-state index is 0.0455. The highest BCUT2D eigenvalue weighted by Crippen LogP contribution is 2.30. The Balaban J connectivity index is 1.64. The molecule has 2 aromatic rings. The topological polar surface area (TPSA) is 88.1 Å². The second-order valence-corrected chi connectivity index (χ2v) is 6.59. The standard InChI is InChI=1S/C21H24N2O5/c1-27-17-8-5-9-18(28-2)19(17)21(26)23-12-10-14(11-13-23)22-20(25)15-6-3-4-7-16(15)24/h3-9,14,24H,10-13H2,1-2H3,(H,22,25). The van der Waals surface area contributed by atoms with Gasteiger partial charge in [-0.2, -0.15) is 0 Å². The highest BCUT2D eigenvalue weighted by atomic mass is 16.5. The van der Waals surface area contributed by atoms with Gasteiger partial charge in [-0.3, -0.25) is 9.59 Å². The first-order chi connectivity index (χ1) is 13.5. The molecular weight excluding hydrogens is 360 g/mol. The molecule has 2 amide bonds. The maximum absolute atomic E-state index is 13.0. The van der Waals surface area contributed by atoms with Crippen LogP contribution in [0.4, 0.5) is 0 Å². The summed E-state index contributed by atoms with van der Waals surface area (Å²) in [5, 5.41) is 12.7. The molecule has 3 rings (SSSR count). The number of hydrogen-bond acceptors (Lipinski definition) is 5. The van der Waals surface area contributed by atoms with Crippen LogP contribution in [0, 0.1) is 0 Å². The Kier molecular flexibility index (Phi) is 6.03. The summed E-state index contributed by atoms with van der Waals surface area (Å²) < 4.78 is 10.7. The molecule has 2 N–H and O–H groups in total. The van der Waals surface area contributed by atoms with E-state index in [1.54, 1.807) is 41.3 Å². The van der Waals surface area contributed by atoms with E-state index in [4.69, 9.17) is 9.47 Å². The highest BCUT2D eigenvalue weighted by Gasteiger charge is 2.28. The van der Waals surface area contributed by atoms with Crippen molar-refractivity contribution in [3.8, 4) is 17.2 Å². The number of piperidine rings is 1. The second-order valence-electron chi connectivity index (χ2n) is 6.59. The number of amides is 2. The molecule has 1 heterocycles. The van der Waals surface area contributed by atoms with Crippen LogP contribution in [0.25, 0.3) is 0 Å². The minimum Gasteiger partial charge on any atom is -0.507 e. The monoisotopic (exact) mass is 384 g/mol. The number of carbonyl (C=O) groups is 2. The minimum atomic E-state index is -0.311. The number of likely N-dealkylation sites (tertiary alicyclic amines) is 1. The zero-order valence-corrected chi connectivity index (χ0v) is 16.0. The third kappa shape index (κ3) is 4.03. The van der Waals surface area contributed by atoms with Gasteiger partial charge in [-0.1, -0.05) is 18.2 Å². The van der Waals surface area contributed by atoms with E-state index >= 15 is 0 Å². The Morgan fingerprint density at radius 1 is 1.00 bits per heavy atom. The summed E-state index contributed by atoms with van der Waals surface area (Å²) >= 11 is 0. The summed E-state index contributed by atoms with van der Waals surface area (Å²) in [7, 11) is 3.04. The molecule has 7 heteroatoms. The van der Waals surface area contributed by atoms with Crippen molar-refractivity contribution in [1.29, 1.82) is 0 Å². The number of aromatic hydroxyl groups is 1. The van der Waals surface area contributed by atoms with Crippen LogP contribution in [0.2, 0.25) is 0 Å². The lowest BCUT2D eigenvalue weighted by molar-refractivity contribution is 0.0691. The molecule has 0 radical (unpaired) electrons. The highest BCUT2D eigenvalue weighted by molar-refractivity contribution is 6.00. The van der Waals surface area contributed by atoms with E-state index in [0.29, 0.717) is 43.0 Å². The number of para-hydroxylation sites is 1. The second kappa shape index (κ2) is 8.65. The molecule has 7 nitrogen and oxygen atoms in total. The first kappa shape index (κ1) is 19.5. The van der Waals surface area contributed by atoms with E-state index in [0.717, 1.165) is 0 Å². The van der Waals surface area contributed by atoms with Gasteiger partial charge in [-0.15, -0.1) is 0 Å². The van der Waals surface area contributed by atoms with Crippen LogP contribution >= 0.6 is 0 Å². The Morgan fingerprint density at radius 2 is 1.61 bits per heavy atom. The zero-order chi connectivity index (χ0) is 20.1. The predicted molar refractivity (Wildman–Crippen MR) is 104 cm³/mol. The van der Waals surface area contributed by atoms with Crippen LogP contribution in [0.15, 0.2) is 42.5 Å². The van der Waals surface area contributed by atoms with Crippen LogP contribution in [0.5, 0.6) is 17.2 Å². The van der Waals surface area contributed by atoms with Gasteiger partial charge >= 0.3 is 0 Å². The molecule has 0 spiro atoms. The van der Waals surface area contributed by atoms with E-state index in [2.05, 4.69) is 5.32 Å². The lowest BCUT2D eigenvalue weighted by atomic mass is 10.0. The van der Waals surface area contributed by atoms with Crippen LogP contribution in [0.1, 0.15) is 33.6 Å². The number of nitrogens with one attached hydrogen (secondary N) is 1. The largest absolute Gasteiger partial charge is 0.507 e. The van der Waals surface area contributed by atoms with E-state index in [1.165, 1.54) is 20.3 Å². The first-order valence-corrected chi connectivity index (χ1v) is 9.14. The molecule has 1 fully saturated rings. The third-order valence-corrected chi connectivity index (χ3v) is 4.91. The zero-order valence-electron chi connectivity index (χ0n) is 16.0. The molecule has 0 aromatic heterocycles. The molecule has 148 valence electrons. The maximum atomic E-state index is 13.0. The lowest BCUT2D eigenvalue weighted by Crippen LogP contribution is -2.46. The predicted octanol–water partition coefficient (Wildman–Crippen LogP) is 2.44. The number of methoxy groups -OCH3 is 2. The van der Waals surface area contributed by atoms with Crippen molar-refractivity contribution in [2.24, 2.45) is 0 Å². The van der Waals surface area contributed by atoms with Crippen molar-refractivity contribution < 1.29 is 24.2 Å². The van der Waals surface area contributed by atoms with Gasteiger partial charge in [0.2, 0.25) is 0 Å². The van der Waals surface area contributed by atoms with Crippen molar-refractivity contribution in [3.63, 3.8) is 0 Å². The summed E-state index contributed by atoms with van der Waals surface area (Å²) in [6.45, 7) is 1.01. The Hall–Kier alpha value is -3.22. The summed E-state index contributed by atoms with van der Waals surface area (Å²) in [5.74, 6) is 0.434. The average Bonchev–Trinajstić information content (AvgIpc) is 2.73. The first-order valence-electron chi connectivity index (χ1n) is 9.14. The van der Waals surface area contributed by atoms with E-state index < -0.39 is 0 Å². The summed E-state index contributed by atoms with van der Waals surface area (Å²) in [4.78, 5) is 27.1. The molecule has 1 saturated heterocycles. The lowest BCUT2D eigenvalue weighted by Gasteiger charge is -2.33. The van der Waals surface area contributed by atoms with E-state index in [9.17, 15) is 14.7 Å². The van der Waals surface area contributed by atoms with Crippen molar-refractivity contribution in [2.75, 3.05) is 27.3 Å². The molecule has 2 aromatic carbocycles. The number of nitrogens with zero attached hydrogens (tertiary/aromatic N) is 1. The van der Waals surface area contributed by atoms with E-state index in [-0.39, 0.29) is 29.2 Å². The molecule has 1 aliphatic heterocycles. The number of phenolic OH excluding ortho intramolecular Hbond substituents is 1. The van der Waals surface area contributed by atoms with Crippen molar-refractivity contribution in [2.45, 2.75) is 18.9 Å². The fourth-order valence-corrected chi connectivity index (χ4v) is 3.38. The molecule has 0 bridgehead atoms. The third-order valence-electron chi connectivity index (χ3n) is 4.91. The van der Waals surface area contributed by atoms with Crippen molar-refractivity contribution >= 4 is 11.8 Å². The fraction of sp³-hybridized carbons (Fsp3) is 0.333. The molecule has 0 unspecified atom stereocenters. The van der Waals surface area contributed by atoms with Gasteiger partial charge in [0.25, 0.3) is 11.8 Å². The van der Waals surface area contributed by atoms with Crippen LogP contribution in [-0.2, 0) is 0 Å². The number of ether oxygens (including phenoxy) is 2. The molecule has 0 saturated carbocycles. The molecule has 0 aliphatic carbocycles. The molecule has 1 aliphatic rings. The average molecular weight is 384 g/mol. The van der Waals surface area contributed by atoms with Crippen LogP contribution in [0.3, 0.4) is 0 Å². The summed E-state index contributed by atoms with van der Waals surface area (Å²) in [5.41, 5.74) is 0.656. The smallest absolute Gasteiger partial charge is 0.261 e. The molecular formula is C21H24N2O5. The van der Waals surface area contributed by atoms with Crippen LogP contribution in [-0.4, -0.2) is 55.2 Å². The summed E-state index contributed by atoms with van der Waals surface area (Å²) in [6, 6.07) is 11.6. The Bertz CT molecular complexity index is 837. The van der Waals surface area contributed by atoms with Gasteiger partial charge in [0, 0.05) is 19.1 Å². The number of carbonyl (C=O) groups excluding carboxylic acids is 2. The molecule has 0 atom stereocenters. The normalized spacial score (nSPS) is 14.4. The maximum Gasteiger partial charge on any atom is 0.261 e. The van der Waals surface area contributed by atoms with Crippen molar-refractivity contribution in [1.82, 2.24) is 10.2 Å². The quantitative estimate of drug-likeness (QED) is 0.827. The Morgan fingerprint density at radius 3 is 2.18 bits per heavy atom. The van der Waals surface area contributed by atoms with Crippen LogP contribution < -0.4 is 14.8 Å².